The molecule has 0 bridgehead atoms. The van der Waals surface area contributed by atoms with E-state index < -0.39 is 40.5 Å². The summed E-state index contributed by atoms with van der Waals surface area (Å²) < 4.78 is 55.3. The molecule has 0 unspecified atom stereocenters. The maximum Gasteiger partial charge on any atom is 0.292 e. The monoisotopic (exact) mass is 465 g/mol. The van der Waals surface area contributed by atoms with Crippen LogP contribution < -0.4 is 10.5 Å². The first-order valence-electron chi connectivity index (χ1n) is 9.73. The van der Waals surface area contributed by atoms with Gasteiger partial charge in [-0.15, -0.1) is 0 Å². The highest BCUT2D eigenvalue weighted by atomic mass is 35.5. The van der Waals surface area contributed by atoms with E-state index in [9.17, 15) is 27.2 Å². The molecule has 1 aromatic heterocycles. The number of carbonyl (C=O) groups excluding carboxylic acids is 1. The second kappa shape index (κ2) is 8.74. The molecule has 0 amide bonds. The van der Waals surface area contributed by atoms with Crippen LogP contribution in [-0.2, 0) is 0 Å². The van der Waals surface area contributed by atoms with Crippen molar-refractivity contribution in [1.29, 1.82) is 0 Å². The van der Waals surface area contributed by atoms with Gasteiger partial charge in [0.1, 0.15) is 28.2 Å². The number of nitrogens with zero attached hydrogens (tertiary/aromatic N) is 3. The van der Waals surface area contributed by atoms with Crippen LogP contribution in [0.5, 0.6) is 0 Å². The van der Waals surface area contributed by atoms with Crippen molar-refractivity contribution in [3.05, 3.63) is 86.8 Å². The van der Waals surface area contributed by atoms with E-state index in [2.05, 4.69) is 5.10 Å². The van der Waals surface area contributed by atoms with Gasteiger partial charge in [-0.2, -0.15) is 9.78 Å². The van der Waals surface area contributed by atoms with Gasteiger partial charge in [-0.3, -0.25) is 9.59 Å². The Kier molecular flexibility index (Phi) is 6.01. The molecule has 2 aromatic carbocycles. The van der Waals surface area contributed by atoms with E-state index in [1.807, 2.05) is 0 Å². The third-order valence-electron chi connectivity index (χ3n) is 5.44. The number of hydrogen-bond acceptors (Lipinski definition) is 4. The molecule has 4 rings (SSSR count). The Balaban J connectivity index is 1.53. The largest absolute Gasteiger partial charge is 0.369 e. The molecule has 1 saturated heterocycles. The normalized spacial score (nSPS) is 14.6. The summed E-state index contributed by atoms with van der Waals surface area (Å²) in [7, 11) is 0. The molecule has 166 valence electrons. The van der Waals surface area contributed by atoms with E-state index >= 15 is 0 Å². The fourth-order valence-corrected chi connectivity index (χ4v) is 4.01. The van der Waals surface area contributed by atoms with Crippen molar-refractivity contribution >= 4 is 23.1 Å². The van der Waals surface area contributed by atoms with Crippen molar-refractivity contribution in [3.63, 3.8) is 0 Å². The summed E-state index contributed by atoms with van der Waals surface area (Å²) in [5.41, 5.74) is -1.01. The molecule has 0 aliphatic carbocycles. The van der Waals surface area contributed by atoms with Crippen molar-refractivity contribution in [2.75, 3.05) is 18.0 Å². The Morgan fingerprint density at radius 2 is 1.59 bits per heavy atom. The highest BCUT2D eigenvalue weighted by molar-refractivity contribution is 6.33. The van der Waals surface area contributed by atoms with Crippen molar-refractivity contribution in [2.45, 2.75) is 12.8 Å². The second-order valence-corrected chi connectivity index (χ2v) is 7.78. The van der Waals surface area contributed by atoms with Crippen LogP contribution >= 0.6 is 11.6 Å². The molecule has 0 atom stereocenters. The Bertz CT molecular complexity index is 1260. The highest BCUT2D eigenvalue weighted by Gasteiger charge is 2.29. The van der Waals surface area contributed by atoms with Gasteiger partial charge in [-0.25, -0.2) is 17.6 Å². The Labute approximate surface area is 184 Å². The molecule has 0 saturated carbocycles. The Morgan fingerprint density at radius 3 is 2.28 bits per heavy atom. The van der Waals surface area contributed by atoms with Gasteiger partial charge in [0.2, 0.25) is 0 Å². The molecule has 0 N–H and O–H groups in total. The summed E-state index contributed by atoms with van der Waals surface area (Å²) in [5.74, 6) is -4.22. The third kappa shape index (κ3) is 4.12. The molecule has 1 aliphatic heterocycles. The molecule has 1 aliphatic rings. The quantitative estimate of drug-likeness (QED) is 0.419. The van der Waals surface area contributed by atoms with Gasteiger partial charge in [-0.1, -0.05) is 11.6 Å². The molecule has 32 heavy (non-hydrogen) atoms. The number of Topliss-reactive ketones (excluding diaryl/α,β-unsaturated/α-hetero) is 1. The minimum absolute atomic E-state index is 0.204. The minimum atomic E-state index is -0.965. The predicted octanol–water partition coefficient (Wildman–Crippen LogP) is 4.54. The van der Waals surface area contributed by atoms with E-state index in [-0.39, 0.29) is 16.3 Å². The van der Waals surface area contributed by atoms with Gasteiger partial charge in [0.15, 0.2) is 11.6 Å². The SMILES string of the molecule is O=C(c1cc(F)ccc1F)C1CCN(c2cnn(-c3ccc(F)cc3F)c(=O)c2Cl)CC1. The predicted molar refractivity (Wildman–Crippen MR) is 110 cm³/mol. The molecular formula is C22H16ClF4N3O2. The van der Waals surface area contributed by atoms with Crippen molar-refractivity contribution < 1.29 is 22.4 Å². The fraction of sp³-hybridized carbons (Fsp3) is 0.227. The van der Waals surface area contributed by atoms with Crippen molar-refractivity contribution in [3.8, 4) is 5.69 Å². The number of hydrogen-bond donors (Lipinski definition) is 0. The van der Waals surface area contributed by atoms with Gasteiger partial charge in [0.05, 0.1) is 17.4 Å². The van der Waals surface area contributed by atoms with Crippen LogP contribution in [0, 0.1) is 29.2 Å². The average molecular weight is 466 g/mol. The number of rotatable bonds is 4. The first-order valence-corrected chi connectivity index (χ1v) is 10.1. The first-order chi connectivity index (χ1) is 15.3. The summed E-state index contributed by atoms with van der Waals surface area (Å²) in [6, 6.07) is 5.47. The summed E-state index contributed by atoms with van der Waals surface area (Å²) >= 11 is 6.23. The van der Waals surface area contributed by atoms with Crippen molar-refractivity contribution in [1.82, 2.24) is 9.78 Å². The summed E-state index contributed by atoms with van der Waals surface area (Å²) in [6.45, 7) is 0.645. The van der Waals surface area contributed by atoms with E-state index in [1.165, 1.54) is 6.20 Å². The maximum atomic E-state index is 14.0. The summed E-state index contributed by atoms with van der Waals surface area (Å²) in [6.07, 6.45) is 1.96. The van der Waals surface area contributed by atoms with E-state index in [0.717, 1.165) is 35.0 Å². The summed E-state index contributed by atoms with van der Waals surface area (Å²) in [5, 5.41) is 3.75. The van der Waals surface area contributed by atoms with E-state index in [0.29, 0.717) is 37.7 Å². The van der Waals surface area contributed by atoms with Gasteiger partial charge < -0.3 is 4.90 Å². The number of piperidine rings is 1. The molecule has 10 heteroatoms. The minimum Gasteiger partial charge on any atom is -0.369 e. The maximum absolute atomic E-state index is 14.0. The molecular weight excluding hydrogens is 450 g/mol. The van der Waals surface area contributed by atoms with Crippen LogP contribution in [0.3, 0.4) is 0 Å². The molecule has 0 spiro atoms. The Morgan fingerprint density at radius 1 is 0.938 bits per heavy atom. The lowest BCUT2D eigenvalue weighted by Crippen LogP contribution is -2.38. The smallest absolute Gasteiger partial charge is 0.292 e. The van der Waals surface area contributed by atoms with Crippen LogP contribution in [0.1, 0.15) is 23.2 Å². The standard InChI is InChI=1S/C22H16ClF4N3O2/c23-20-19(11-28-30(22(20)32)18-4-2-14(25)10-17(18)27)29-7-5-12(6-8-29)21(31)15-9-13(24)1-3-16(15)26/h1-4,9-12H,5-8H2. The Hall–Kier alpha value is -3.20. The summed E-state index contributed by atoms with van der Waals surface area (Å²) in [4.78, 5) is 27.0. The second-order valence-electron chi connectivity index (χ2n) is 7.41. The first kappa shape index (κ1) is 22.0. The number of aromatic nitrogens is 2. The van der Waals surface area contributed by atoms with Crippen molar-refractivity contribution in [2.24, 2.45) is 5.92 Å². The number of benzene rings is 2. The van der Waals surface area contributed by atoms with Crippen LogP contribution in [-0.4, -0.2) is 28.7 Å². The average Bonchev–Trinajstić information content (AvgIpc) is 2.77. The van der Waals surface area contributed by atoms with Crippen LogP contribution in [0.2, 0.25) is 5.02 Å². The zero-order valence-corrected chi connectivity index (χ0v) is 17.3. The highest BCUT2D eigenvalue weighted by Crippen LogP contribution is 2.29. The zero-order chi connectivity index (χ0) is 23.0. The van der Waals surface area contributed by atoms with Gasteiger partial charge >= 0.3 is 0 Å². The van der Waals surface area contributed by atoms with Gasteiger partial charge in [0, 0.05) is 25.1 Å². The van der Waals surface area contributed by atoms with Crippen LogP contribution in [0.4, 0.5) is 23.2 Å². The molecule has 0 radical (unpaired) electrons. The third-order valence-corrected chi connectivity index (χ3v) is 5.79. The lowest BCUT2D eigenvalue weighted by atomic mass is 9.88. The fourth-order valence-electron chi connectivity index (χ4n) is 3.76. The number of ketones is 1. The molecule has 3 aromatic rings. The molecule has 1 fully saturated rings. The van der Waals surface area contributed by atoms with Crippen LogP contribution in [0.25, 0.3) is 5.69 Å². The number of anilines is 1. The number of carbonyl (C=O) groups is 1. The van der Waals surface area contributed by atoms with Gasteiger partial charge in [0.25, 0.3) is 5.56 Å². The van der Waals surface area contributed by atoms with E-state index in [4.69, 9.17) is 11.6 Å². The zero-order valence-electron chi connectivity index (χ0n) is 16.5. The molecule has 2 heterocycles. The van der Waals surface area contributed by atoms with Gasteiger partial charge in [-0.05, 0) is 43.2 Å². The lowest BCUT2D eigenvalue weighted by molar-refractivity contribution is 0.0896. The van der Waals surface area contributed by atoms with E-state index in [1.54, 1.807) is 4.90 Å². The topological polar surface area (TPSA) is 55.2 Å². The molecule has 5 nitrogen and oxygen atoms in total. The number of halogens is 5. The lowest BCUT2D eigenvalue weighted by Gasteiger charge is -2.33. The van der Waals surface area contributed by atoms with Crippen LogP contribution in [0.15, 0.2) is 47.4 Å².